The SMILES string of the molecule is CC(=O)c1ccc(NC(=O)COC(=O)CCOc2ccc(C(C)(C)C)cc2)cc1. The molecule has 1 amide bonds. The molecule has 0 saturated heterocycles. The van der Waals surface area contributed by atoms with Crippen molar-refractivity contribution < 1.29 is 23.9 Å². The van der Waals surface area contributed by atoms with Crippen molar-refractivity contribution in [3.63, 3.8) is 0 Å². The highest BCUT2D eigenvalue weighted by atomic mass is 16.5. The van der Waals surface area contributed by atoms with E-state index >= 15 is 0 Å². The summed E-state index contributed by atoms with van der Waals surface area (Å²) in [6, 6.07) is 14.2. The summed E-state index contributed by atoms with van der Waals surface area (Å²) >= 11 is 0. The van der Waals surface area contributed by atoms with Crippen LogP contribution in [0.2, 0.25) is 0 Å². The second-order valence-electron chi connectivity index (χ2n) is 7.72. The summed E-state index contributed by atoms with van der Waals surface area (Å²) in [5.41, 5.74) is 2.35. The molecule has 0 atom stereocenters. The van der Waals surface area contributed by atoms with Gasteiger partial charge in [-0.2, -0.15) is 0 Å². The van der Waals surface area contributed by atoms with Crippen LogP contribution < -0.4 is 10.1 Å². The lowest BCUT2D eigenvalue weighted by Crippen LogP contribution is -2.21. The van der Waals surface area contributed by atoms with Gasteiger partial charge in [0.05, 0.1) is 13.0 Å². The van der Waals surface area contributed by atoms with Gasteiger partial charge in [-0.25, -0.2) is 0 Å². The van der Waals surface area contributed by atoms with Crippen molar-refractivity contribution in [2.75, 3.05) is 18.5 Å². The molecule has 0 aromatic heterocycles. The summed E-state index contributed by atoms with van der Waals surface area (Å²) < 4.78 is 10.5. The first-order valence-corrected chi connectivity index (χ1v) is 9.45. The van der Waals surface area contributed by atoms with Gasteiger partial charge in [-0.3, -0.25) is 14.4 Å². The highest BCUT2D eigenvalue weighted by Crippen LogP contribution is 2.24. The van der Waals surface area contributed by atoms with E-state index in [4.69, 9.17) is 9.47 Å². The third-order valence-electron chi connectivity index (χ3n) is 4.23. The second kappa shape index (κ2) is 9.87. The topological polar surface area (TPSA) is 81.7 Å². The predicted molar refractivity (Wildman–Crippen MR) is 111 cm³/mol. The number of esters is 1. The number of hydrogen-bond donors (Lipinski definition) is 1. The van der Waals surface area contributed by atoms with Crippen LogP contribution in [-0.2, 0) is 19.7 Å². The number of carbonyl (C=O) groups is 3. The van der Waals surface area contributed by atoms with Crippen molar-refractivity contribution in [3.05, 3.63) is 59.7 Å². The Labute approximate surface area is 171 Å². The first-order valence-electron chi connectivity index (χ1n) is 9.45. The van der Waals surface area contributed by atoms with Crippen LogP contribution in [-0.4, -0.2) is 30.9 Å². The van der Waals surface area contributed by atoms with Gasteiger partial charge in [-0.1, -0.05) is 32.9 Å². The number of anilines is 1. The summed E-state index contributed by atoms with van der Waals surface area (Å²) in [4.78, 5) is 34.9. The number of nitrogens with one attached hydrogen (secondary N) is 1. The van der Waals surface area contributed by atoms with E-state index in [0.717, 1.165) is 0 Å². The summed E-state index contributed by atoms with van der Waals surface area (Å²) in [6.45, 7) is 7.66. The minimum Gasteiger partial charge on any atom is -0.493 e. The van der Waals surface area contributed by atoms with Gasteiger partial charge in [-0.15, -0.1) is 0 Å². The van der Waals surface area contributed by atoms with Crippen LogP contribution >= 0.6 is 0 Å². The number of ketones is 1. The summed E-state index contributed by atoms with van der Waals surface area (Å²) in [6.07, 6.45) is 0.0433. The largest absolute Gasteiger partial charge is 0.493 e. The van der Waals surface area contributed by atoms with Crippen molar-refractivity contribution in [2.45, 2.75) is 39.5 Å². The van der Waals surface area contributed by atoms with E-state index in [1.54, 1.807) is 24.3 Å². The van der Waals surface area contributed by atoms with Crippen molar-refractivity contribution >= 4 is 23.3 Å². The van der Waals surface area contributed by atoms with Crippen LogP contribution in [0.3, 0.4) is 0 Å². The van der Waals surface area contributed by atoms with E-state index in [9.17, 15) is 14.4 Å². The van der Waals surface area contributed by atoms with Crippen LogP contribution in [0.1, 0.15) is 50.0 Å². The highest BCUT2D eigenvalue weighted by molar-refractivity contribution is 5.96. The predicted octanol–water partition coefficient (Wildman–Crippen LogP) is 4.14. The maximum atomic E-state index is 11.9. The molecule has 0 aliphatic carbocycles. The van der Waals surface area contributed by atoms with E-state index in [2.05, 4.69) is 26.1 Å². The molecule has 0 fully saturated rings. The van der Waals surface area contributed by atoms with Gasteiger partial charge < -0.3 is 14.8 Å². The molecule has 0 bridgehead atoms. The molecule has 0 aliphatic rings. The van der Waals surface area contributed by atoms with Crippen molar-refractivity contribution in [3.8, 4) is 5.75 Å². The van der Waals surface area contributed by atoms with Crippen molar-refractivity contribution in [2.24, 2.45) is 0 Å². The fourth-order valence-electron chi connectivity index (χ4n) is 2.51. The van der Waals surface area contributed by atoms with Gasteiger partial charge in [0, 0.05) is 11.3 Å². The molecule has 0 saturated carbocycles. The van der Waals surface area contributed by atoms with Crippen LogP contribution in [0.5, 0.6) is 5.75 Å². The van der Waals surface area contributed by atoms with Gasteiger partial charge in [0.25, 0.3) is 5.91 Å². The molecule has 0 spiro atoms. The molecule has 6 nitrogen and oxygen atoms in total. The maximum Gasteiger partial charge on any atom is 0.309 e. The van der Waals surface area contributed by atoms with Gasteiger partial charge >= 0.3 is 5.97 Å². The minimum atomic E-state index is -0.515. The van der Waals surface area contributed by atoms with Gasteiger partial charge in [0.15, 0.2) is 12.4 Å². The number of rotatable bonds is 8. The van der Waals surface area contributed by atoms with Crippen LogP contribution in [0, 0.1) is 0 Å². The normalized spacial score (nSPS) is 10.9. The zero-order valence-electron chi connectivity index (χ0n) is 17.3. The molecular weight excluding hydrogens is 370 g/mol. The molecule has 1 N–H and O–H groups in total. The lowest BCUT2D eigenvalue weighted by molar-refractivity contribution is -0.147. The fourth-order valence-corrected chi connectivity index (χ4v) is 2.51. The average Bonchev–Trinajstić information content (AvgIpc) is 2.66. The molecule has 2 rings (SSSR count). The van der Waals surface area contributed by atoms with Crippen LogP contribution in [0.25, 0.3) is 0 Å². The van der Waals surface area contributed by atoms with E-state index in [1.165, 1.54) is 12.5 Å². The molecule has 2 aromatic rings. The van der Waals surface area contributed by atoms with E-state index in [0.29, 0.717) is 17.0 Å². The maximum absolute atomic E-state index is 11.9. The lowest BCUT2D eigenvalue weighted by Gasteiger charge is -2.19. The first kappa shape index (κ1) is 22.1. The molecule has 29 heavy (non-hydrogen) atoms. The Bertz CT molecular complexity index is 848. The molecule has 0 aliphatic heterocycles. The minimum absolute atomic E-state index is 0.0433. The standard InChI is InChI=1S/C23H27NO5/c1-16(25)17-5-9-19(10-6-17)24-21(26)15-29-22(27)13-14-28-20-11-7-18(8-12-20)23(2,3)4/h5-12H,13-15H2,1-4H3,(H,24,26). The molecule has 0 heterocycles. The zero-order valence-corrected chi connectivity index (χ0v) is 17.3. The molecule has 154 valence electrons. The van der Waals surface area contributed by atoms with Crippen molar-refractivity contribution in [1.82, 2.24) is 0 Å². The number of benzene rings is 2. The Hall–Kier alpha value is -3.15. The van der Waals surface area contributed by atoms with Crippen LogP contribution in [0.4, 0.5) is 5.69 Å². The first-order chi connectivity index (χ1) is 13.6. The Morgan fingerprint density at radius 2 is 1.55 bits per heavy atom. The van der Waals surface area contributed by atoms with Gasteiger partial charge in [0.2, 0.25) is 0 Å². The number of hydrogen-bond acceptors (Lipinski definition) is 5. The Balaban J connectivity index is 1.68. The number of Topliss-reactive ketones (excluding diaryl/α,β-unsaturated/α-hetero) is 1. The highest BCUT2D eigenvalue weighted by Gasteiger charge is 2.13. The van der Waals surface area contributed by atoms with E-state index in [1.807, 2.05) is 24.3 Å². The number of carbonyl (C=O) groups excluding carboxylic acids is 3. The third kappa shape index (κ3) is 7.41. The van der Waals surface area contributed by atoms with Crippen molar-refractivity contribution in [1.29, 1.82) is 0 Å². The van der Waals surface area contributed by atoms with Gasteiger partial charge in [-0.05, 0) is 54.3 Å². The third-order valence-corrected chi connectivity index (χ3v) is 4.23. The number of amides is 1. The monoisotopic (exact) mass is 397 g/mol. The fraction of sp³-hybridized carbons (Fsp3) is 0.348. The summed E-state index contributed by atoms with van der Waals surface area (Å²) in [5, 5.41) is 2.60. The van der Waals surface area contributed by atoms with Crippen LogP contribution in [0.15, 0.2) is 48.5 Å². The smallest absolute Gasteiger partial charge is 0.309 e. The molecule has 0 unspecified atom stereocenters. The molecule has 0 radical (unpaired) electrons. The van der Waals surface area contributed by atoms with Gasteiger partial charge in [0.1, 0.15) is 5.75 Å². The van der Waals surface area contributed by atoms with E-state index in [-0.39, 0.29) is 30.8 Å². The Morgan fingerprint density at radius 1 is 0.931 bits per heavy atom. The van der Waals surface area contributed by atoms with E-state index < -0.39 is 11.9 Å². The average molecular weight is 397 g/mol. The Kier molecular flexibility index (Phi) is 7.53. The summed E-state index contributed by atoms with van der Waals surface area (Å²) in [7, 11) is 0. The Morgan fingerprint density at radius 3 is 2.10 bits per heavy atom. The zero-order chi connectivity index (χ0) is 21.4. The summed E-state index contributed by atoms with van der Waals surface area (Å²) in [5.74, 6) is -0.340. The lowest BCUT2D eigenvalue weighted by atomic mass is 9.87. The quantitative estimate of drug-likeness (QED) is 0.535. The second-order valence-corrected chi connectivity index (χ2v) is 7.72. The molecular formula is C23H27NO5. The molecule has 2 aromatic carbocycles. The molecule has 6 heteroatoms. The number of ether oxygens (including phenoxy) is 2.